The molecule has 0 radical (unpaired) electrons. The van der Waals surface area contributed by atoms with Gasteiger partial charge in [0.1, 0.15) is 5.84 Å². The van der Waals surface area contributed by atoms with Crippen LogP contribution in [0.1, 0.15) is 39.0 Å². The second kappa shape index (κ2) is 8.45. The summed E-state index contributed by atoms with van der Waals surface area (Å²) in [7, 11) is -3.79. The summed E-state index contributed by atoms with van der Waals surface area (Å²) in [4.78, 5) is 6.56. The molecule has 0 saturated heterocycles. The standard InChI is InChI=1S/C20H27N3O2S/c1-15(2)23(16(3)4)20(14-18-8-6-7-13-21-18)22-26(24,25)19-11-9-17(5)10-12-19/h6-13,15-16H,14H2,1-5H3/b22-20-. The zero-order valence-corrected chi connectivity index (χ0v) is 16.9. The number of benzene rings is 1. The molecule has 0 atom stereocenters. The number of rotatable bonds is 6. The maximum atomic E-state index is 12.9. The minimum absolute atomic E-state index is 0.116. The Morgan fingerprint density at radius 3 is 2.15 bits per heavy atom. The van der Waals surface area contributed by atoms with E-state index in [1.807, 2.05) is 57.7 Å². The summed E-state index contributed by atoms with van der Waals surface area (Å²) in [6, 6.07) is 12.6. The molecule has 0 bridgehead atoms. The van der Waals surface area contributed by atoms with Crippen LogP contribution >= 0.6 is 0 Å². The van der Waals surface area contributed by atoms with Crippen molar-refractivity contribution < 1.29 is 8.42 Å². The Morgan fingerprint density at radius 2 is 1.65 bits per heavy atom. The molecule has 0 unspecified atom stereocenters. The van der Waals surface area contributed by atoms with Crippen molar-refractivity contribution in [2.24, 2.45) is 4.40 Å². The van der Waals surface area contributed by atoms with Crippen LogP contribution in [0.4, 0.5) is 0 Å². The van der Waals surface area contributed by atoms with E-state index < -0.39 is 10.0 Å². The molecule has 140 valence electrons. The van der Waals surface area contributed by atoms with Gasteiger partial charge in [-0.2, -0.15) is 8.42 Å². The van der Waals surface area contributed by atoms with E-state index in [1.165, 1.54) is 0 Å². The number of amidine groups is 1. The molecule has 0 aliphatic carbocycles. The Morgan fingerprint density at radius 1 is 1.04 bits per heavy atom. The Labute approximate surface area is 156 Å². The van der Waals surface area contributed by atoms with Crippen LogP contribution in [-0.2, 0) is 16.4 Å². The highest BCUT2D eigenvalue weighted by Gasteiger charge is 2.23. The first-order valence-corrected chi connectivity index (χ1v) is 10.2. The number of hydrogen-bond acceptors (Lipinski definition) is 3. The monoisotopic (exact) mass is 373 g/mol. The van der Waals surface area contributed by atoms with Crippen molar-refractivity contribution in [2.75, 3.05) is 0 Å². The van der Waals surface area contributed by atoms with Crippen LogP contribution in [0.2, 0.25) is 0 Å². The van der Waals surface area contributed by atoms with Gasteiger partial charge < -0.3 is 4.90 Å². The molecular weight excluding hydrogens is 346 g/mol. The molecule has 6 heteroatoms. The van der Waals surface area contributed by atoms with E-state index in [2.05, 4.69) is 9.38 Å². The van der Waals surface area contributed by atoms with Gasteiger partial charge in [0.05, 0.1) is 4.90 Å². The largest absolute Gasteiger partial charge is 0.354 e. The Hall–Kier alpha value is -2.21. The highest BCUT2D eigenvalue weighted by molar-refractivity contribution is 7.90. The summed E-state index contributed by atoms with van der Waals surface area (Å²) in [5.41, 5.74) is 1.80. The summed E-state index contributed by atoms with van der Waals surface area (Å²) >= 11 is 0. The van der Waals surface area contributed by atoms with Gasteiger partial charge in [0, 0.05) is 30.4 Å². The Balaban J connectivity index is 2.50. The average Bonchev–Trinajstić information content (AvgIpc) is 2.55. The van der Waals surface area contributed by atoms with Crippen molar-refractivity contribution in [1.29, 1.82) is 0 Å². The summed E-state index contributed by atoms with van der Waals surface area (Å²) in [6.07, 6.45) is 2.07. The lowest BCUT2D eigenvalue weighted by Crippen LogP contribution is -2.43. The zero-order chi connectivity index (χ0) is 19.3. The highest BCUT2D eigenvalue weighted by atomic mass is 32.2. The first-order chi connectivity index (χ1) is 12.2. The van der Waals surface area contributed by atoms with Gasteiger partial charge in [-0.15, -0.1) is 4.40 Å². The van der Waals surface area contributed by atoms with Crippen LogP contribution in [0.15, 0.2) is 58.0 Å². The minimum atomic E-state index is -3.79. The highest BCUT2D eigenvalue weighted by Crippen LogP contribution is 2.17. The maximum absolute atomic E-state index is 12.9. The number of hydrogen-bond donors (Lipinski definition) is 0. The van der Waals surface area contributed by atoms with Gasteiger partial charge in [-0.25, -0.2) is 0 Å². The molecule has 0 saturated carbocycles. The van der Waals surface area contributed by atoms with Crippen LogP contribution < -0.4 is 0 Å². The predicted octanol–water partition coefficient (Wildman–Crippen LogP) is 3.84. The van der Waals surface area contributed by atoms with E-state index in [4.69, 9.17) is 0 Å². The van der Waals surface area contributed by atoms with E-state index in [-0.39, 0.29) is 17.0 Å². The molecule has 0 fully saturated rings. The van der Waals surface area contributed by atoms with E-state index >= 15 is 0 Å². The summed E-state index contributed by atoms with van der Waals surface area (Å²) in [5, 5.41) is 0. The smallest absolute Gasteiger partial charge is 0.283 e. The van der Waals surface area contributed by atoms with Crippen LogP contribution in [0.25, 0.3) is 0 Å². The van der Waals surface area contributed by atoms with Crippen molar-refractivity contribution in [3.63, 3.8) is 0 Å². The Bertz CT molecular complexity index is 834. The molecule has 0 amide bonds. The second-order valence-corrected chi connectivity index (χ2v) is 8.49. The molecule has 5 nitrogen and oxygen atoms in total. The number of aryl methyl sites for hydroxylation is 1. The lowest BCUT2D eigenvalue weighted by atomic mass is 10.1. The molecule has 2 rings (SSSR count). The molecule has 0 N–H and O–H groups in total. The molecule has 0 spiro atoms. The van der Waals surface area contributed by atoms with Crippen molar-refractivity contribution in [1.82, 2.24) is 9.88 Å². The van der Waals surface area contributed by atoms with Crippen LogP contribution in [0.3, 0.4) is 0 Å². The number of pyridine rings is 1. The third kappa shape index (κ3) is 5.14. The number of sulfonamides is 1. The Kier molecular flexibility index (Phi) is 6.53. The molecule has 1 heterocycles. The van der Waals surface area contributed by atoms with Gasteiger partial charge in [0.25, 0.3) is 10.0 Å². The van der Waals surface area contributed by atoms with Crippen LogP contribution in [0.5, 0.6) is 0 Å². The summed E-state index contributed by atoms with van der Waals surface area (Å²) in [6.45, 7) is 10.1. The lowest BCUT2D eigenvalue weighted by molar-refractivity contribution is 0.288. The first kappa shape index (κ1) is 20.1. The predicted molar refractivity (Wildman–Crippen MR) is 106 cm³/mol. The molecule has 0 aliphatic heterocycles. The normalized spacial score (nSPS) is 12.7. The fourth-order valence-electron chi connectivity index (χ4n) is 2.93. The van der Waals surface area contributed by atoms with Gasteiger partial charge in [-0.05, 0) is 58.9 Å². The lowest BCUT2D eigenvalue weighted by Gasteiger charge is -2.33. The number of nitrogens with zero attached hydrogens (tertiary/aromatic N) is 3. The van der Waals surface area contributed by atoms with E-state index in [9.17, 15) is 8.42 Å². The first-order valence-electron chi connectivity index (χ1n) is 8.79. The summed E-state index contributed by atoms with van der Waals surface area (Å²) < 4.78 is 29.9. The van der Waals surface area contributed by atoms with Crippen molar-refractivity contribution in [3.8, 4) is 0 Å². The molecule has 26 heavy (non-hydrogen) atoms. The van der Waals surface area contributed by atoms with Crippen molar-refractivity contribution >= 4 is 15.9 Å². The zero-order valence-electron chi connectivity index (χ0n) is 16.0. The fourth-order valence-corrected chi connectivity index (χ4v) is 3.95. The average molecular weight is 374 g/mol. The molecule has 0 aliphatic rings. The van der Waals surface area contributed by atoms with Crippen LogP contribution in [0, 0.1) is 6.92 Å². The second-order valence-electron chi connectivity index (χ2n) is 6.89. The molecular formula is C20H27N3O2S. The van der Waals surface area contributed by atoms with E-state index in [0.717, 1.165) is 11.3 Å². The SMILES string of the molecule is Cc1ccc(S(=O)(=O)/N=C(/Cc2ccccn2)N(C(C)C)C(C)C)cc1. The minimum Gasteiger partial charge on any atom is -0.354 e. The van der Waals surface area contributed by atoms with Gasteiger partial charge in [0.2, 0.25) is 0 Å². The molecule has 1 aromatic heterocycles. The molecule has 2 aromatic rings. The third-order valence-corrected chi connectivity index (χ3v) is 5.34. The van der Waals surface area contributed by atoms with Gasteiger partial charge in [-0.1, -0.05) is 23.8 Å². The van der Waals surface area contributed by atoms with Crippen LogP contribution in [-0.4, -0.2) is 36.2 Å². The number of aromatic nitrogens is 1. The van der Waals surface area contributed by atoms with Gasteiger partial charge in [0.15, 0.2) is 0 Å². The fraction of sp³-hybridized carbons (Fsp3) is 0.400. The van der Waals surface area contributed by atoms with E-state index in [1.54, 1.807) is 30.5 Å². The topological polar surface area (TPSA) is 62.6 Å². The molecule has 1 aromatic carbocycles. The van der Waals surface area contributed by atoms with Gasteiger partial charge >= 0.3 is 0 Å². The third-order valence-electron chi connectivity index (χ3n) is 4.02. The maximum Gasteiger partial charge on any atom is 0.283 e. The van der Waals surface area contributed by atoms with Crippen molar-refractivity contribution in [3.05, 3.63) is 59.9 Å². The van der Waals surface area contributed by atoms with Crippen molar-refractivity contribution in [2.45, 2.75) is 58.0 Å². The van der Waals surface area contributed by atoms with Gasteiger partial charge in [-0.3, -0.25) is 4.98 Å². The quantitative estimate of drug-likeness (QED) is 0.570. The van der Waals surface area contributed by atoms with E-state index in [0.29, 0.717) is 12.3 Å². The summed E-state index contributed by atoms with van der Waals surface area (Å²) in [5.74, 6) is 0.509.